The lowest BCUT2D eigenvalue weighted by Gasteiger charge is -2.06. The third-order valence-electron chi connectivity index (χ3n) is 2.93. The van der Waals surface area contributed by atoms with Gasteiger partial charge in [-0.3, -0.25) is 0 Å². The third kappa shape index (κ3) is 4.36. The molecule has 0 aliphatic rings. The summed E-state index contributed by atoms with van der Waals surface area (Å²) in [6, 6.07) is 9.42. The largest absolute Gasteiger partial charge is 0.497 e. The van der Waals surface area contributed by atoms with Crippen LogP contribution in [0.2, 0.25) is 0 Å². The highest BCUT2D eigenvalue weighted by atomic mass is 16.5. The first-order valence-corrected chi connectivity index (χ1v) is 6.76. The van der Waals surface area contributed by atoms with Crippen LogP contribution in [0.4, 0.5) is 0 Å². The van der Waals surface area contributed by atoms with E-state index in [-0.39, 0.29) is 5.97 Å². The summed E-state index contributed by atoms with van der Waals surface area (Å²) in [5.41, 5.74) is 1.60. The maximum absolute atomic E-state index is 11.5. The lowest BCUT2D eigenvalue weighted by molar-refractivity contribution is 0.0522. The molecule has 0 spiro atoms. The smallest absolute Gasteiger partial charge is 0.339 e. The Kier molecular flexibility index (Phi) is 5.40. The number of carbonyl (C=O) groups is 1. The SMILES string of the molecule is CCOC(=O)c1ccn(COCc2ccc(OC)cc2)c1. The number of rotatable bonds is 7. The van der Waals surface area contributed by atoms with Gasteiger partial charge in [-0.05, 0) is 30.7 Å². The highest BCUT2D eigenvalue weighted by molar-refractivity contribution is 5.89. The van der Waals surface area contributed by atoms with E-state index >= 15 is 0 Å². The molecule has 2 rings (SSSR count). The van der Waals surface area contributed by atoms with Crippen LogP contribution in [0, 0.1) is 0 Å². The second-order valence-corrected chi connectivity index (χ2v) is 4.46. The van der Waals surface area contributed by atoms with Crippen LogP contribution < -0.4 is 4.74 Å². The molecule has 0 saturated heterocycles. The summed E-state index contributed by atoms with van der Waals surface area (Å²) in [5, 5.41) is 0. The predicted octanol–water partition coefficient (Wildman–Crippen LogP) is 2.85. The van der Waals surface area contributed by atoms with Crippen LogP contribution in [-0.4, -0.2) is 24.3 Å². The van der Waals surface area contributed by atoms with Gasteiger partial charge in [0.1, 0.15) is 12.5 Å². The molecule has 0 saturated carbocycles. The number of aromatic nitrogens is 1. The molecule has 0 atom stereocenters. The van der Waals surface area contributed by atoms with Crippen molar-refractivity contribution in [2.45, 2.75) is 20.3 Å². The molecule has 0 aliphatic carbocycles. The van der Waals surface area contributed by atoms with E-state index in [0.29, 0.717) is 25.5 Å². The minimum Gasteiger partial charge on any atom is -0.497 e. The van der Waals surface area contributed by atoms with Gasteiger partial charge in [-0.15, -0.1) is 0 Å². The number of benzene rings is 1. The molecular formula is C16H19NO4. The molecule has 0 aliphatic heterocycles. The summed E-state index contributed by atoms with van der Waals surface area (Å²) in [6.45, 7) is 3.03. The Bertz CT molecular complexity index is 574. The molecule has 112 valence electrons. The average molecular weight is 289 g/mol. The molecule has 0 radical (unpaired) electrons. The highest BCUT2D eigenvalue weighted by Crippen LogP contribution is 2.12. The zero-order valence-corrected chi connectivity index (χ0v) is 12.2. The van der Waals surface area contributed by atoms with E-state index in [9.17, 15) is 4.79 Å². The van der Waals surface area contributed by atoms with Crippen LogP contribution in [0.15, 0.2) is 42.7 Å². The molecule has 1 heterocycles. The van der Waals surface area contributed by atoms with Crippen LogP contribution in [0.3, 0.4) is 0 Å². The second kappa shape index (κ2) is 7.50. The van der Waals surface area contributed by atoms with Gasteiger partial charge in [-0.25, -0.2) is 4.79 Å². The maximum atomic E-state index is 11.5. The summed E-state index contributed by atoms with van der Waals surface area (Å²) >= 11 is 0. The molecular weight excluding hydrogens is 270 g/mol. The van der Waals surface area contributed by atoms with Crippen molar-refractivity contribution in [3.8, 4) is 5.75 Å². The van der Waals surface area contributed by atoms with Crippen LogP contribution in [0.1, 0.15) is 22.8 Å². The van der Waals surface area contributed by atoms with E-state index in [2.05, 4.69) is 0 Å². The van der Waals surface area contributed by atoms with Gasteiger partial charge in [0.25, 0.3) is 0 Å². The number of methoxy groups -OCH3 is 1. The van der Waals surface area contributed by atoms with Crippen molar-refractivity contribution in [1.82, 2.24) is 4.57 Å². The molecule has 21 heavy (non-hydrogen) atoms. The summed E-state index contributed by atoms with van der Waals surface area (Å²) in [7, 11) is 1.64. The van der Waals surface area contributed by atoms with Gasteiger partial charge in [0.15, 0.2) is 0 Å². The van der Waals surface area contributed by atoms with E-state index in [0.717, 1.165) is 11.3 Å². The zero-order chi connectivity index (χ0) is 15.1. The van der Waals surface area contributed by atoms with Gasteiger partial charge in [0.05, 0.1) is 25.9 Å². The van der Waals surface area contributed by atoms with Gasteiger partial charge < -0.3 is 18.8 Å². The van der Waals surface area contributed by atoms with Crippen molar-refractivity contribution >= 4 is 5.97 Å². The van der Waals surface area contributed by atoms with Crippen molar-refractivity contribution in [2.24, 2.45) is 0 Å². The number of hydrogen-bond acceptors (Lipinski definition) is 4. The van der Waals surface area contributed by atoms with Crippen molar-refractivity contribution in [3.05, 3.63) is 53.9 Å². The monoisotopic (exact) mass is 289 g/mol. The summed E-state index contributed by atoms with van der Waals surface area (Å²) < 4.78 is 17.4. The topological polar surface area (TPSA) is 49.7 Å². The first kappa shape index (κ1) is 15.1. The van der Waals surface area contributed by atoms with Gasteiger partial charge in [0, 0.05) is 12.4 Å². The van der Waals surface area contributed by atoms with E-state index in [4.69, 9.17) is 14.2 Å². The molecule has 1 aromatic carbocycles. The van der Waals surface area contributed by atoms with Crippen molar-refractivity contribution in [2.75, 3.05) is 13.7 Å². The maximum Gasteiger partial charge on any atom is 0.339 e. The van der Waals surface area contributed by atoms with E-state index in [1.807, 2.05) is 24.3 Å². The molecule has 0 fully saturated rings. The van der Waals surface area contributed by atoms with Crippen molar-refractivity contribution in [3.63, 3.8) is 0 Å². The van der Waals surface area contributed by atoms with Crippen molar-refractivity contribution in [1.29, 1.82) is 0 Å². The number of nitrogens with zero attached hydrogens (tertiary/aromatic N) is 1. The number of esters is 1. The Balaban J connectivity index is 1.81. The fourth-order valence-electron chi connectivity index (χ4n) is 1.85. The van der Waals surface area contributed by atoms with Crippen LogP contribution in [-0.2, 0) is 22.8 Å². The lowest BCUT2D eigenvalue weighted by Crippen LogP contribution is -2.04. The molecule has 0 amide bonds. The quantitative estimate of drug-likeness (QED) is 0.735. The molecule has 0 bridgehead atoms. The Morgan fingerprint density at radius 2 is 1.95 bits per heavy atom. The Hall–Kier alpha value is -2.27. The highest BCUT2D eigenvalue weighted by Gasteiger charge is 2.07. The molecule has 1 aromatic heterocycles. The Morgan fingerprint density at radius 1 is 1.19 bits per heavy atom. The van der Waals surface area contributed by atoms with Gasteiger partial charge in [-0.1, -0.05) is 12.1 Å². The van der Waals surface area contributed by atoms with Crippen molar-refractivity contribution < 1.29 is 19.0 Å². The minimum atomic E-state index is -0.314. The summed E-state index contributed by atoms with van der Waals surface area (Å²) in [6.07, 6.45) is 3.51. The fourth-order valence-corrected chi connectivity index (χ4v) is 1.85. The predicted molar refractivity (Wildman–Crippen MR) is 78.2 cm³/mol. The third-order valence-corrected chi connectivity index (χ3v) is 2.93. The minimum absolute atomic E-state index is 0.314. The summed E-state index contributed by atoms with van der Waals surface area (Å²) in [5.74, 6) is 0.509. The Labute approximate surface area is 124 Å². The number of ether oxygens (including phenoxy) is 3. The van der Waals surface area contributed by atoms with E-state index in [1.54, 1.807) is 37.1 Å². The number of hydrogen-bond donors (Lipinski definition) is 0. The first-order valence-electron chi connectivity index (χ1n) is 6.76. The van der Waals surface area contributed by atoms with Gasteiger partial charge in [-0.2, -0.15) is 0 Å². The lowest BCUT2D eigenvalue weighted by atomic mass is 10.2. The summed E-state index contributed by atoms with van der Waals surface area (Å²) in [4.78, 5) is 11.5. The van der Waals surface area contributed by atoms with Gasteiger partial charge in [0.2, 0.25) is 0 Å². The Morgan fingerprint density at radius 3 is 2.62 bits per heavy atom. The number of carbonyl (C=O) groups excluding carboxylic acids is 1. The molecule has 5 nitrogen and oxygen atoms in total. The zero-order valence-electron chi connectivity index (χ0n) is 12.2. The fraction of sp³-hybridized carbons (Fsp3) is 0.312. The standard InChI is InChI=1S/C16H19NO4/c1-3-21-16(18)14-8-9-17(10-14)12-20-11-13-4-6-15(19-2)7-5-13/h4-10H,3,11-12H2,1-2H3. The van der Waals surface area contributed by atoms with Gasteiger partial charge >= 0.3 is 5.97 Å². The van der Waals surface area contributed by atoms with Crippen LogP contribution in [0.5, 0.6) is 5.75 Å². The van der Waals surface area contributed by atoms with E-state index < -0.39 is 0 Å². The normalized spacial score (nSPS) is 10.4. The second-order valence-electron chi connectivity index (χ2n) is 4.46. The van der Waals surface area contributed by atoms with Crippen LogP contribution in [0.25, 0.3) is 0 Å². The molecule has 5 heteroatoms. The molecule has 0 N–H and O–H groups in total. The van der Waals surface area contributed by atoms with Crippen LogP contribution >= 0.6 is 0 Å². The molecule has 2 aromatic rings. The molecule has 0 unspecified atom stereocenters. The first-order chi connectivity index (χ1) is 10.2. The average Bonchev–Trinajstić information content (AvgIpc) is 2.97. The van der Waals surface area contributed by atoms with E-state index in [1.165, 1.54) is 0 Å².